The standard InChI is InChI=1S/C18H34O3S/c19-22(20,21)17-13-9-6-4-2-1-3-5-7-10-14-18(17)15-11-8-12-16-18/h17H,1-16H2,(H,19,20,21)/p-1. The van der Waals surface area contributed by atoms with Gasteiger partial charge in [-0.2, -0.15) is 0 Å². The summed E-state index contributed by atoms with van der Waals surface area (Å²) in [6.07, 6.45) is 17.5. The van der Waals surface area contributed by atoms with E-state index in [4.69, 9.17) is 0 Å². The van der Waals surface area contributed by atoms with Crippen molar-refractivity contribution >= 4 is 10.1 Å². The van der Waals surface area contributed by atoms with Crippen LogP contribution in [0.4, 0.5) is 0 Å². The second-order valence-corrected chi connectivity index (χ2v) is 9.18. The minimum Gasteiger partial charge on any atom is -0.748 e. The lowest BCUT2D eigenvalue weighted by molar-refractivity contribution is 0.145. The van der Waals surface area contributed by atoms with Crippen molar-refractivity contribution in [3.05, 3.63) is 0 Å². The maximum Gasteiger partial charge on any atom is 0.0980 e. The van der Waals surface area contributed by atoms with Gasteiger partial charge in [0.15, 0.2) is 0 Å². The Kier molecular flexibility index (Phi) is 7.20. The van der Waals surface area contributed by atoms with Gasteiger partial charge in [0.25, 0.3) is 0 Å². The quantitative estimate of drug-likeness (QED) is 0.625. The summed E-state index contributed by atoms with van der Waals surface area (Å²) < 4.78 is 36.0. The fourth-order valence-electron chi connectivity index (χ4n) is 4.79. The average Bonchev–Trinajstić information content (AvgIpc) is 2.49. The van der Waals surface area contributed by atoms with Crippen LogP contribution in [0.3, 0.4) is 0 Å². The Morgan fingerprint density at radius 2 is 1.00 bits per heavy atom. The molecule has 1 atom stereocenters. The molecule has 0 aromatic rings. The molecule has 2 fully saturated rings. The first kappa shape index (κ1) is 18.3. The summed E-state index contributed by atoms with van der Waals surface area (Å²) in [7, 11) is -4.18. The van der Waals surface area contributed by atoms with Crippen molar-refractivity contribution in [2.75, 3.05) is 0 Å². The molecule has 0 N–H and O–H groups in total. The van der Waals surface area contributed by atoms with Gasteiger partial charge in [-0.05, 0) is 31.1 Å². The number of hydrogen-bond donors (Lipinski definition) is 0. The van der Waals surface area contributed by atoms with Crippen LogP contribution in [0.1, 0.15) is 103 Å². The Hall–Kier alpha value is -0.0900. The monoisotopic (exact) mass is 329 g/mol. The van der Waals surface area contributed by atoms with Crippen LogP contribution < -0.4 is 0 Å². The molecule has 0 heterocycles. The first-order valence-corrected chi connectivity index (χ1v) is 11.0. The highest BCUT2D eigenvalue weighted by Gasteiger charge is 2.42. The van der Waals surface area contributed by atoms with E-state index in [0.717, 1.165) is 51.4 Å². The first-order valence-electron chi connectivity index (χ1n) is 9.49. The third kappa shape index (κ3) is 5.23. The SMILES string of the molecule is O=S(=O)([O-])C1CCCCCCCCCCCC12CCCCC2. The summed E-state index contributed by atoms with van der Waals surface area (Å²) in [5.41, 5.74) is -0.202. The van der Waals surface area contributed by atoms with Gasteiger partial charge in [0.1, 0.15) is 0 Å². The Bertz CT molecular complexity index is 410. The summed E-state index contributed by atoms with van der Waals surface area (Å²) in [5, 5.41) is -0.624. The van der Waals surface area contributed by atoms with E-state index in [0.29, 0.717) is 6.42 Å². The number of rotatable bonds is 1. The van der Waals surface area contributed by atoms with E-state index >= 15 is 0 Å². The molecule has 0 bridgehead atoms. The van der Waals surface area contributed by atoms with Crippen LogP contribution in [0.5, 0.6) is 0 Å². The van der Waals surface area contributed by atoms with Gasteiger partial charge in [-0.15, -0.1) is 0 Å². The lowest BCUT2D eigenvalue weighted by Gasteiger charge is -2.45. The summed E-state index contributed by atoms with van der Waals surface area (Å²) in [6, 6.07) is 0. The van der Waals surface area contributed by atoms with Crippen molar-refractivity contribution in [3.63, 3.8) is 0 Å². The summed E-state index contributed by atoms with van der Waals surface area (Å²) in [5.74, 6) is 0. The van der Waals surface area contributed by atoms with Crippen molar-refractivity contribution in [3.8, 4) is 0 Å². The molecule has 2 saturated carbocycles. The Morgan fingerprint density at radius 3 is 1.45 bits per heavy atom. The highest BCUT2D eigenvalue weighted by Crippen LogP contribution is 2.47. The highest BCUT2D eigenvalue weighted by molar-refractivity contribution is 7.86. The molecule has 0 saturated heterocycles. The zero-order valence-corrected chi connectivity index (χ0v) is 14.8. The molecule has 0 amide bonds. The summed E-state index contributed by atoms with van der Waals surface area (Å²) in [6.45, 7) is 0. The fraction of sp³-hybridized carbons (Fsp3) is 1.00. The van der Waals surface area contributed by atoms with Crippen LogP contribution in [0.15, 0.2) is 0 Å². The molecule has 1 unspecified atom stereocenters. The van der Waals surface area contributed by atoms with Gasteiger partial charge in [-0.25, -0.2) is 8.42 Å². The minimum atomic E-state index is -4.18. The average molecular weight is 330 g/mol. The van der Waals surface area contributed by atoms with Crippen LogP contribution >= 0.6 is 0 Å². The van der Waals surface area contributed by atoms with E-state index in [9.17, 15) is 13.0 Å². The third-order valence-corrected chi connectivity index (χ3v) is 7.45. The normalized spacial score (nSPS) is 29.2. The Morgan fingerprint density at radius 1 is 0.636 bits per heavy atom. The first-order chi connectivity index (χ1) is 10.5. The molecular weight excluding hydrogens is 296 g/mol. The van der Waals surface area contributed by atoms with E-state index in [1.807, 2.05) is 0 Å². The van der Waals surface area contributed by atoms with Crippen molar-refractivity contribution in [2.24, 2.45) is 5.41 Å². The third-order valence-electron chi connectivity index (χ3n) is 6.02. The lowest BCUT2D eigenvalue weighted by Crippen LogP contribution is -2.42. The molecule has 0 aliphatic heterocycles. The van der Waals surface area contributed by atoms with E-state index in [-0.39, 0.29) is 5.41 Å². The largest absolute Gasteiger partial charge is 0.748 e. The van der Waals surface area contributed by atoms with Gasteiger partial charge in [0.05, 0.1) is 15.4 Å². The molecule has 2 aliphatic rings. The van der Waals surface area contributed by atoms with Crippen LogP contribution in [0.25, 0.3) is 0 Å². The molecule has 0 aromatic carbocycles. The summed E-state index contributed by atoms with van der Waals surface area (Å²) >= 11 is 0. The lowest BCUT2D eigenvalue weighted by atomic mass is 9.67. The molecular formula is C18H33O3S-. The maximum absolute atomic E-state index is 12.0. The van der Waals surface area contributed by atoms with Crippen LogP contribution in [0, 0.1) is 5.41 Å². The van der Waals surface area contributed by atoms with Crippen molar-refractivity contribution < 1.29 is 13.0 Å². The van der Waals surface area contributed by atoms with Gasteiger partial charge >= 0.3 is 0 Å². The molecule has 22 heavy (non-hydrogen) atoms. The topological polar surface area (TPSA) is 57.2 Å². The van der Waals surface area contributed by atoms with E-state index in [1.165, 1.54) is 44.9 Å². The van der Waals surface area contributed by atoms with Gasteiger partial charge in [-0.1, -0.05) is 77.0 Å². The van der Waals surface area contributed by atoms with Gasteiger partial charge in [0, 0.05) is 0 Å². The zero-order chi connectivity index (χ0) is 15.9. The van der Waals surface area contributed by atoms with E-state index in [2.05, 4.69) is 0 Å². The van der Waals surface area contributed by atoms with E-state index < -0.39 is 15.4 Å². The molecule has 130 valence electrons. The Labute approximate surface area is 137 Å². The highest BCUT2D eigenvalue weighted by atomic mass is 32.2. The predicted octanol–water partition coefficient (Wildman–Crippen LogP) is 5.16. The van der Waals surface area contributed by atoms with Crippen LogP contribution in [0.2, 0.25) is 0 Å². The van der Waals surface area contributed by atoms with Crippen LogP contribution in [-0.4, -0.2) is 18.2 Å². The molecule has 0 radical (unpaired) electrons. The molecule has 1 spiro atoms. The number of hydrogen-bond acceptors (Lipinski definition) is 3. The molecule has 0 aromatic heterocycles. The van der Waals surface area contributed by atoms with Gasteiger partial charge in [0.2, 0.25) is 0 Å². The molecule has 2 aliphatic carbocycles. The molecule has 4 heteroatoms. The molecule has 2 rings (SSSR count). The second kappa shape index (κ2) is 8.68. The zero-order valence-electron chi connectivity index (χ0n) is 14.0. The van der Waals surface area contributed by atoms with Gasteiger partial charge in [-0.3, -0.25) is 0 Å². The van der Waals surface area contributed by atoms with Crippen molar-refractivity contribution in [1.29, 1.82) is 0 Å². The van der Waals surface area contributed by atoms with Gasteiger partial charge < -0.3 is 4.55 Å². The minimum absolute atomic E-state index is 0.202. The fourth-order valence-corrected chi connectivity index (χ4v) is 6.21. The van der Waals surface area contributed by atoms with Crippen molar-refractivity contribution in [1.82, 2.24) is 0 Å². The second-order valence-electron chi connectivity index (χ2n) is 7.63. The summed E-state index contributed by atoms with van der Waals surface area (Å²) in [4.78, 5) is 0. The van der Waals surface area contributed by atoms with Crippen LogP contribution in [-0.2, 0) is 10.1 Å². The Balaban J connectivity index is 2.15. The predicted molar refractivity (Wildman–Crippen MR) is 89.8 cm³/mol. The van der Waals surface area contributed by atoms with Crippen molar-refractivity contribution in [2.45, 2.75) is 108 Å². The smallest absolute Gasteiger partial charge is 0.0980 e. The maximum atomic E-state index is 12.0. The molecule has 3 nitrogen and oxygen atoms in total. The van der Waals surface area contributed by atoms with E-state index in [1.54, 1.807) is 0 Å².